The van der Waals surface area contributed by atoms with Gasteiger partial charge in [0.25, 0.3) is 0 Å². The van der Waals surface area contributed by atoms with Gasteiger partial charge in [-0.25, -0.2) is 0 Å². The first-order valence-electron chi connectivity index (χ1n) is 11.0. The number of morpholine rings is 1. The van der Waals surface area contributed by atoms with E-state index in [-0.39, 0.29) is 11.0 Å². The third-order valence-electron chi connectivity index (χ3n) is 5.44. The van der Waals surface area contributed by atoms with Crippen LogP contribution in [0.4, 0.5) is 5.69 Å². The maximum Gasteiger partial charge on any atom is 0.250 e. The largest absolute Gasteiger partial charge is 0.457 e. The Bertz CT molecular complexity index is 1180. The molecule has 6 nitrogen and oxygen atoms in total. The summed E-state index contributed by atoms with van der Waals surface area (Å²) in [5.41, 5.74) is 3.91. The van der Waals surface area contributed by atoms with Crippen LogP contribution in [0.2, 0.25) is 5.02 Å². The van der Waals surface area contributed by atoms with Gasteiger partial charge in [-0.05, 0) is 66.7 Å². The van der Waals surface area contributed by atoms with Crippen LogP contribution in [-0.4, -0.2) is 42.2 Å². The molecule has 2 heterocycles. The summed E-state index contributed by atoms with van der Waals surface area (Å²) in [6.07, 6.45) is 2.97. The topological polar surface area (TPSA) is 66.7 Å². The van der Waals surface area contributed by atoms with Crippen LogP contribution in [0.5, 0.6) is 0 Å². The summed E-state index contributed by atoms with van der Waals surface area (Å²) >= 11 is 11.5. The molecule has 2 aromatic carbocycles. The first kappa shape index (κ1) is 24.2. The summed E-state index contributed by atoms with van der Waals surface area (Å²) in [6.45, 7) is 6.30. The molecule has 4 rings (SSSR count). The maximum absolute atomic E-state index is 12.3. The van der Waals surface area contributed by atoms with Gasteiger partial charge >= 0.3 is 0 Å². The Balaban J connectivity index is 1.26. The van der Waals surface area contributed by atoms with Gasteiger partial charge in [-0.15, -0.1) is 0 Å². The average molecular weight is 496 g/mol. The molecule has 8 heteroatoms. The van der Waals surface area contributed by atoms with Crippen molar-refractivity contribution >= 4 is 46.6 Å². The molecule has 0 aliphatic carbocycles. The van der Waals surface area contributed by atoms with Crippen LogP contribution in [-0.2, 0) is 16.1 Å². The molecule has 0 unspecified atom stereocenters. The number of aryl methyl sites for hydroxylation is 1. The highest BCUT2D eigenvalue weighted by molar-refractivity contribution is 7.80. The third kappa shape index (κ3) is 6.77. The minimum Gasteiger partial charge on any atom is -0.457 e. The fourth-order valence-electron chi connectivity index (χ4n) is 3.53. The third-order valence-corrected chi connectivity index (χ3v) is 6.05. The number of carbonyl (C=O) groups is 1. The van der Waals surface area contributed by atoms with Gasteiger partial charge in [0, 0.05) is 42.0 Å². The Morgan fingerprint density at radius 3 is 2.62 bits per heavy atom. The van der Waals surface area contributed by atoms with E-state index in [4.69, 9.17) is 33.0 Å². The lowest BCUT2D eigenvalue weighted by Crippen LogP contribution is -2.35. The van der Waals surface area contributed by atoms with E-state index >= 15 is 0 Å². The van der Waals surface area contributed by atoms with Crippen molar-refractivity contribution in [2.45, 2.75) is 13.5 Å². The number of rotatable bonds is 6. The molecule has 0 radical (unpaired) electrons. The number of nitrogens with zero attached hydrogens (tertiary/aromatic N) is 1. The molecule has 1 aromatic heterocycles. The predicted octanol–water partition coefficient (Wildman–Crippen LogP) is 5.27. The van der Waals surface area contributed by atoms with E-state index in [1.54, 1.807) is 12.1 Å². The summed E-state index contributed by atoms with van der Waals surface area (Å²) in [5.74, 6) is 0.880. The second-order valence-corrected chi connectivity index (χ2v) is 8.84. The summed E-state index contributed by atoms with van der Waals surface area (Å²) in [6, 6.07) is 17.4. The average Bonchev–Trinajstić information content (AvgIpc) is 3.30. The Morgan fingerprint density at radius 1 is 1.12 bits per heavy atom. The van der Waals surface area contributed by atoms with E-state index in [0.29, 0.717) is 16.5 Å². The Hall–Kier alpha value is -2.97. The molecule has 0 saturated carbocycles. The highest BCUT2D eigenvalue weighted by Crippen LogP contribution is 2.27. The standard InChI is InChI=1S/C26H26ClN3O3S/c1-18-2-5-20(16-23(18)27)24-10-8-22(33-24)9-11-25(31)29-26(34)28-21-6-3-19(4-7-21)17-30-12-14-32-15-13-30/h2-11,16H,12-15,17H2,1H3,(H2,28,29,31,34)/b11-9+. The van der Waals surface area contributed by atoms with Crippen molar-refractivity contribution in [3.8, 4) is 11.3 Å². The van der Waals surface area contributed by atoms with Gasteiger partial charge < -0.3 is 14.5 Å². The lowest BCUT2D eigenvalue weighted by molar-refractivity contribution is -0.115. The van der Waals surface area contributed by atoms with Gasteiger partial charge in [-0.3, -0.25) is 15.0 Å². The molecular formula is C26H26ClN3O3S. The van der Waals surface area contributed by atoms with Crippen molar-refractivity contribution in [2.24, 2.45) is 0 Å². The maximum atomic E-state index is 12.3. The fourth-order valence-corrected chi connectivity index (χ4v) is 3.93. The van der Waals surface area contributed by atoms with Gasteiger partial charge in [0.15, 0.2) is 5.11 Å². The second-order valence-electron chi connectivity index (χ2n) is 8.03. The second kappa shape index (κ2) is 11.4. The zero-order chi connectivity index (χ0) is 23.9. The Morgan fingerprint density at radius 2 is 1.88 bits per heavy atom. The molecule has 2 N–H and O–H groups in total. The summed E-state index contributed by atoms with van der Waals surface area (Å²) in [5, 5.41) is 6.58. The number of hydrogen-bond donors (Lipinski definition) is 2. The van der Waals surface area contributed by atoms with Crippen LogP contribution in [0.15, 0.2) is 65.1 Å². The zero-order valence-corrected chi connectivity index (χ0v) is 20.4. The quantitative estimate of drug-likeness (QED) is 0.359. The molecular weight excluding hydrogens is 470 g/mol. The smallest absolute Gasteiger partial charge is 0.250 e. The van der Waals surface area contributed by atoms with Crippen LogP contribution in [0.3, 0.4) is 0 Å². The number of furan rings is 1. The number of amides is 1. The van der Waals surface area contributed by atoms with E-state index in [9.17, 15) is 4.79 Å². The number of nitrogens with one attached hydrogen (secondary N) is 2. The highest BCUT2D eigenvalue weighted by Gasteiger charge is 2.11. The van der Waals surface area contributed by atoms with Gasteiger partial charge in [-0.1, -0.05) is 35.9 Å². The van der Waals surface area contributed by atoms with E-state index < -0.39 is 0 Å². The molecule has 0 spiro atoms. The molecule has 1 amide bonds. The monoisotopic (exact) mass is 495 g/mol. The lowest BCUT2D eigenvalue weighted by Gasteiger charge is -2.26. The van der Waals surface area contributed by atoms with E-state index in [1.165, 1.54) is 11.6 Å². The minimum atomic E-state index is -0.349. The predicted molar refractivity (Wildman–Crippen MR) is 140 cm³/mol. The molecule has 1 aliphatic heterocycles. The molecule has 176 valence electrons. The summed E-state index contributed by atoms with van der Waals surface area (Å²) in [7, 11) is 0. The number of thiocarbonyl (C=S) groups is 1. The number of ether oxygens (including phenoxy) is 1. The van der Waals surface area contributed by atoms with Crippen LogP contribution in [0.1, 0.15) is 16.9 Å². The molecule has 1 fully saturated rings. The van der Waals surface area contributed by atoms with E-state index in [0.717, 1.165) is 49.7 Å². The fraction of sp³-hybridized carbons (Fsp3) is 0.231. The first-order valence-corrected chi connectivity index (χ1v) is 11.8. The van der Waals surface area contributed by atoms with Crippen LogP contribution < -0.4 is 10.6 Å². The van der Waals surface area contributed by atoms with E-state index in [1.807, 2.05) is 43.3 Å². The minimum absolute atomic E-state index is 0.227. The first-order chi connectivity index (χ1) is 16.5. The van der Waals surface area contributed by atoms with Gasteiger partial charge in [0.05, 0.1) is 13.2 Å². The van der Waals surface area contributed by atoms with Crippen molar-refractivity contribution in [2.75, 3.05) is 31.6 Å². The molecule has 1 saturated heterocycles. The van der Waals surface area contributed by atoms with Gasteiger partial charge in [-0.2, -0.15) is 0 Å². The Kier molecular flexibility index (Phi) is 8.13. The van der Waals surface area contributed by atoms with Gasteiger partial charge in [0.1, 0.15) is 11.5 Å². The normalized spacial score (nSPS) is 14.3. The molecule has 0 atom stereocenters. The number of carbonyl (C=O) groups excluding carboxylic acids is 1. The van der Waals surface area contributed by atoms with Crippen molar-refractivity contribution in [3.05, 3.63) is 82.6 Å². The number of anilines is 1. The van der Waals surface area contributed by atoms with Crippen LogP contribution >= 0.6 is 23.8 Å². The van der Waals surface area contributed by atoms with Crippen molar-refractivity contribution in [1.29, 1.82) is 0 Å². The molecule has 1 aliphatic rings. The zero-order valence-electron chi connectivity index (χ0n) is 18.8. The number of hydrogen-bond acceptors (Lipinski definition) is 5. The van der Waals surface area contributed by atoms with Gasteiger partial charge in [0.2, 0.25) is 5.91 Å². The molecule has 3 aromatic rings. The SMILES string of the molecule is Cc1ccc(-c2ccc(/C=C/C(=O)NC(=S)Nc3ccc(CN4CCOCC4)cc3)o2)cc1Cl. The van der Waals surface area contributed by atoms with Crippen molar-refractivity contribution in [1.82, 2.24) is 10.2 Å². The number of halogens is 1. The summed E-state index contributed by atoms with van der Waals surface area (Å²) in [4.78, 5) is 14.6. The van der Waals surface area contributed by atoms with E-state index in [2.05, 4.69) is 27.7 Å². The number of benzene rings is 2. The Labute approximate surface area is 209 Å². The van der Waals surface area contributed by atoms with Crippen LogP contribution in [0, 0.1) is 6.92 Å². The molecule has 0 bridgehead atoms. The van der Waals surface area contributed by atoms with Crippen molar-refractivity contribution < 1.29 is 13.9 Å². The van der Waals surface area contributed by atoms with Crippen molar-refractivity contribution in [3.63, 3.8) is 0 Å². The van der Waals surface area contributed by atoms with Crippen LogP contribution in [0.25, 0.3) is 17.4 Å². The summed E-state index contributed by atoms with van der Waals surface area (Å²) < 4.78 is 11.2. The lowest BCUT2D eigenvalue weighted by atomic mass is 10.1. The highest BCUT2D eigenvalue weighted by atomic mass is 35.5. The molecule has 34 heavy (non-hydrogen) atoms.